The fraction of sp³-hybridized carbons (Fsp3) is 0.522. The lowest BCUT2D eigenvalue weighted by Crippen LogP contribution is -2.41. The maximum atomic E-state index is 12.8. The average Bonchev–Trinajstić information content (AvgIpc) is 3.06. The summed E-state index contributed by atoms with van der Waals surface area (Å²) in [6, 6.07) is 7.91. The van der Waals surface area contributed by atoms with Gasteiger partial charge in [-0.25, -0.2) is 4.68 Å². The van der Waals surface area contributed by atoms with Gasteiger partial charge in [0.1, 0.15) is 11.2 Å². The number of hydrogen-bond donors (Lipinski definition) is 1. The molecule has 2 amide bonds. The predicted molar refractivity (Wildman–Crippen MR) is 123 cm³/mol. The molecular formula is C23H33ClN4O2. The molecule has 1 N–H and O–H groups in total. The van der Waals surface area contributed by atoms with Crippen molar-refractivity contribution >= 4 is 29.2 Å². The summed E-state index contributed by atoms with van der Waals surface area (Å²) in [5.41, 5.74) is 3.84. The first-order valence-corrected chi connectivity index (χ1v) is 10.8. The Hall–Kier alpha value is -2.34. The van der Waals surface area contributed by atoms with Crippen molar-refractivity contribution in [1.29, 1.82) is 0 Å². The average molecular weight is 433 g/mol. The lowest BCUT2D eigenvalue weighted by molar-refractivity contribution is -0.134. The van der Waals surface area contributed by atoms with Crippen LogP contribution in [0, 0.1) is 13.8 Å². The van der Waals surface area contributed by atoms with Gasteiger partial charge in [-0.3, -0.25) is 9.59 Å². The van der Waals surface area contributed by atoms with Crippen LogP contribution in [0.3, 0.4) is 0 Å². The molecule has 1 aromatic heterocycles. The summed E-state index contributed by atoms with van der Waals surface area (Å²) >= 11 is 5.96. The van der Waals surface area contributed by atoms with Crippen LogP contribution >= 0.6 is 11.6 Å². The standard InChI is InChI=1S/C23H33ClN4O2/c1-8-12-27(22(30)17(4)24)14-21(29)25-20-13-19(23(5,6)7)26-28(20)18-11-9-10-15(2)16(18)3/h9-11,13,17H,8,12,14H2,1-7H3,(H,25,29). The number of aromatic nitrogens is 2. The number of nitrogens with one attached hydrogen (secondary N) is 1. The first kappa shape index (κ1) is 23.9. The number of carbonyl (C=O) groups excluding carboxylic acids is 2. The van der Waals surface area contributed by atoms with E-state index < -0.39 is 5.38 Å². The Morgan fingerprint density at radius 2 is 1.93 bits per heavy atom. The van der Waals surface area contributed by atoms with Gasteiger partial charge in [-0.1, -0.05) is 39.8 Å². The van der Waals surface area contributed by atoms with E-state index in [1.165, 1.54) is 4.90 Å². The van der Waals surface area contributed by atoms with Crippen LogP contribution in [0.2, 0.25) is 0 Å². The van der Waals surface area contributed by atoms with E-state index in [0.29, 0.717) is 12.4 Å². The van der Waals surface area contributed by atoms with Gasteiger partial charge in [-0.05, 0) is 44.4 Å². The molecule has 0 aliphatic rings. The second-order valence-corrected chi connectivity index (χ2v) is 9.37. The number of benzene rings is 1. The van der Waals surface area contributed by atoms with Gasteiger partial charge in [0, 0.05) is 18.0 Å². The second-order valence-electron chi connectivity index (χ2n) is 8.72. The molecule has 0 radical (unpaired) electrons. The molecule has 1 unspecified atom stereocenters. The molecule has 0 saturated heterocycles. The number of alkyl halides is 1. The molecule has 0 spiro atoms. The van der Waals surface area contributed by atoms with Crippen molar-refractivity contribution in [1.82, 2.24) is 14.7 Å². The Morgan fingerprint density at radius 1 is 1.27 bits per heavy atom. The molecule has 7 heteroatoms. The molecular weight excluding hydrogens is 400 g/mol. The number of nitrogens with zero attached hydrogens (tertiary/aromatic N) is 3. The topological polar surface area (TPSA) is 67.2 Å². The van der Waals surface area contributed by atoms with Crippen molar-refractivity contribution in [2.45, 2.75) is 65.7 Å². The summed E-state index contributed by atoms with van der Waals surface area (Å²) < 4.78 is 1.77. The lowest BCUT2D eigenvalue weighted by atomic mass is 9.92. The summed E-state index contributed by atoms with van der Waals surface area (Å²) in [6.45, 7) is 14.3. The predicted octanol–water partition coefficient (Wildman–Crippen LogP) is 4.59. The Bertz CT molecular complexity index is 912. The van der Waals surface area contributed by atoms with Gasteiger partial charge in [0.05, 0.1) is 17.9 Å². The third-order valence-corrected chi connectivity index (χ3v) is 5.22. The van der Waals surface area contributed by atoms with Gasteiger partial charge < -0.3 is 10.2 Å². The van der Waals surface area contributed by atoms with Crippen molar-refractivity contribution in [3.8, 4) is 5.69 Å². The molecule has 0 fully saturated rings. The highest BCUT2D eigenvalue weighted by Gasteiger charge is 2.24. The van der Waals surface area contributed by atoms with Crippen molar-refractivity contribution < 1.29 is 9.59 Å². The summed E-state index contributed by atoms with van der Waals surface area (Å²) in [4.78, 5) is 26.6. The largest absolute Gasteiger partial charge is 0.332 e. The SMILES string of the molecule is CCCN(CC(=O)Nc1cc(C(C)(C)C)nn1-c1cccc(C)c1C)C(=O)C(C)Cl. The smallest absolute Gasteiger partial charge is 0.245 e. The van der Waals surface area contributed by atoms with Gasteiger partial charge in [0.25, 0.3) is 0 Å². The van der Waals surface area contributed by atoms with Gasteiger partial charge in [0.15, 0.2) is 0 Å². The summed E-state index contributed by atoms with van der Waals surface area (Å²) in [5, 5.41) is 7.07. The van der Waals surface area contributed by atoms with Crippen LogP contribution in [-0.4, -0.2) is 45.0 Å². The number of amides is 2. The molecule has 0 saturated carbocycles. The molecule has 6 nitrogen and oxygen atoms in total. The highest BCUT2D eigenvalue weighted by atomic mass is 35.5. The highest BCUT2D eigenvalue weighted by Crippen LogP contribution is 2.28. The minimum atomic E-state index is -0.669. The van der Waals surface area contributed by atoms with E-state index in [1.807, 2.05) is 45.0 Å². The Morgan fingerprint density at radius 3 is 2.50 bits per heavy atom. The van der Waals surface area contributed by atoms with Gasteiger partial charge >= 0.3 is 0 Å². The van der Waals surface area contributed by atoms with E-state index in [2.05, 4.69) is 26.1 Å². The van der Waals surface area contributed by atoms with Gasteiger partial charge in [-0.15, -0.1) is 11.6 Å². The fourth-order valence-corrected chi connectivity index (χ4v) is 3.27. The zero-order valence-electron chi connectivity index (χ0n) is 19.0. The third-order valence-electron chi connectivity index (χ3n) is 5.03. The van der Waals surface area contributed by atoms with E-state index in [-0.39, 0.29) is 23.8 Å². The zero-order chi connectivity index (χ0) is 22.6. The van der Waals surface area contributed by atoms with Gasteiger partial charge in [-0.2, -0.15) is 5.10 Å². The van der Waals surface area contributed by atoms with Crippen molar-refractivity contribution in [2.24, 2.45) is 0 Å². The molecule has 1 heterocycles. The fourth-order valence-electron chi connectivity index (χ4n) is 3.13. The Kier molecular flexibility index (Phi) is 7.70. The van der Waals surface area contributed by atoms with Crippen LogP contribution in [0.15, 0.2) is 24.3 Å². The Labute approximate surface area is 184 Å². The molecule has 1 atom stereocenters. The Balaban J connectivity index is 2.38. The first-order chi connectivity index (χ1) is 14.0. The molecule has 2 rings (SSSR count). The van der Waals surface area contributed by atoms with E-state index in [1.54, 1.807) is 11.6 Å². The second kappa shape index (κ2) is 9.65. The maximum absolute atomic E-state index is 12.8. The first-order valence-electron chi connectivity index (χ1n) is 10.4. The number of halogens is 1. The number of rotatable bonds is 7. The molecule has 0 aliphatic heterocycles. The highest BCUT2D eigenvalue weighted by molar-refractivity contribution is 6.30. The third kappa shape index (κ3) is 5.63. The van der Waals surface area contributed by atoms with Crippen LogP contribution in [0.25, 0.3) is 5.69 Å². The molecule has 0 bridgehead atoms. The van der Waals surface area contributed by atoms with Crippen LogP contribution in [0.4, 0.5) is 5.82 Å². The lowest BCUT2D eigenvalue weighted by Gasteiger charge is -2.22. The van der Waals surface area contributed by atoms with Crippen LogP contribution < -0.4 is 5.32 Å². The molecule has 2 aromatic rings. The van der Waals surface area contributed by atoms with Crippen LogP contribution in [0.1, 0.15) is 57.9 Å². The molecule has 164 valence electrons. The van der Waals surface area contributed by atoms with Crippen molar-refractivity contribution in [2.75, 3.05) is 18.4 Å². The van der Waals surface area contributed by atoms with E-state index in [4.69, 9.17) is 16.7 Å². The van der Waals surface area contributed by atoms with Crippen LogP contribution in [0.5, 0.6) is 0 Å². The van der Waals surface area contributed by atoms with Gasteiger partial charge in [0.2, 0.25) is 11.8 Å². The number of anilines is 1. The van der Waals surface area contributed by atoms with Crippen molar-refractivity contribution in [3.63, 3.8) is 0 Å². The monoisotopic (exact) mass is 432 g/mol. The van der Waals surface area contributed by atoms with E-state index in [9.17, 15) is 9.59 Å². The molecule has 30 heavy (non-hydrogen) atoms. The van der Waals surface area contributed by atoms with E-state index in [0.717, 1.165) is 28.9 Å². The number of hydrogen-bond acceptors (Lipinski definition) is 3. The van der Waals surface area contributed by atoms with E-state index >= 15 is 0 Å². The summed E-state index contributed by atoms with van der Waals surface area (Å²) in [5.74, 6) is 0.0644. The molecule has 1 aromatic carbocycles. The van der Waals surface area contributed by atoms with Crippen molar-refractivity contribution in [3.05, 3.63) is 41.1 Å². The molecule has 0 aliphatic carbocycles. The quantitative estimate of drug-likeness (QED) is 0.650. The normalized spacial score (nSPS) is 12.5. The summed E-state index contributed by atoms with van der Waals surface area (Å²) in [6.07, 6.45) is 0.747. The zero-order valence-corrected chi connectivity index (χ0v) is 19.8. The summed E-state index contributed by atoms with van der Waals surface area (Å²) in [7, 11) is 0. The number of aryl methyl sites for hydroxylation is 1. The van der Waals surface area contributed by atoms with Crippen LogP contribution in [-0.2, 0) is 15.0 Å². The minimum Gasteiger partial charge on any atom is -0.332 e. The maximum Gasteiger partial charge on any atom is 0.245 e. The minimum absolute atomic E-state index is 0.0490. The number of carbonyl (C=O) groups is 2.